The molecular formula is C37H47N3O9S3. The standard InChI is InChI=1S/C10H8O9S3.3C9H14N/c11-20(12,13)7-1-2-9-6(3-7)4-8(21(14,15)16)5-10(9)22(17,18)19;3*1-2-3-7-10-8-5-4-6-9-10/h1-5H,(H,11,12,13)(H,14,15,16)(H,17,18,19);3*4-6,8-9H,2-3,7H2,1H3/q;3*+1/p-3. The van der Waals surface area contributed by atoms with E-state index >= 15 is 0 Å². The maximum absolute atomic E-state index is 11.2. The van der Waals surface area contributed by atoms with Gasteiger partial charge in [0.05, 0.1) is 14.7 Å². The van der Waals surface area contributed by atoms with Gasteiger partial charge in [0.2, 0.25) is 0 Å². The van der Waals surface area contributed by atoms with E-state index in [4.69, 9.17) is 0 Å². The molecule has 0 aliphatic carbocycles. The van der Waals surface area contributed by atoms with E-state index in [1.165, 1.54) is 38.5 Å². The maximum Gasteiger partial charge on any atom is 0.168 e. The highest BCUT2D eigenvalue weighted by Gasteiger charge is 2.14. The summed E-state index contributed by atoms with van der Waals surface area (Å²) >= 11 is 0. The zero-order chi connectivity index (χ0) is 38.6. The van der Waals surface area contributed by atoms with Crippen LogP contribution in [0.25, 0.3) is 10.8 Å². The Morgan fingerprint density at radius 3 is 1.12 bits per heavy atom. The van der Waals surface area contributed by atoms with Crippen LogP contribution in [0.4, 0.5) is 0 Å². The van der Waals surface area contributed by atoms with Gasteiger partial charge in [-0.25, -0.2) is 39.0 Å². The first-order chi connectivity index (χ1) is 24.6. The number of rotatable bonds is 12. The van der Waals surface area contributed by atoms with Crippen molar-refractivity contribution in [3.8, 4) is 0 Å². The van der Waals surface area contributed by atoms with Crippen LogP contribution in [-0.4, -0.2) is 38.9 Å². The Morgan fingerprint density at radius 2 is 0.808 bits per heavy atom. The SMILES string of the molecule is CCCC[n+]1ccccc1.CCCC[n+]1ccccc1.CCCC[n+]1ccccc1.O=S(=O)([O-])c1ccc2c(S(=O)(=O)[O-])cc(S(=O)(=O)[O-])cc2c1. The van der Waals surface area contributed by atoms with Crippen molar-refractivity contribution in [3.05, 3.63) is 122 Å². The Labute approximate surface area is 308 Å². The summed E-state index contributed by atoms with van der Waals surface area (Å²) in [6.45, 7) is 10.1. The minimum atomic E-state index is -5.14. The van der Waals surface area contributed by atoms with Crippen LogP contribution in [0.5, 0.6) is 0 Å². The van der Waals surface area contributed by atoms with Gasteiger partial charge in [-0.05, 0) is 35.0 Å². The van der Waals surface area contributed by atoms with Crippen molar-refractivity contribution in [2.24, 2.45) is 0 Å². The summed E-state index contributed by atoms with van der Waals surface area (Å²) < 4.78 is 106. The number of pyridine rings is 3. The quantitative estimate of drug-likeness (QED) is 0.126. The number of fused-ring (bicyclic) bond motifs is 1. The molecule has 0 radical (unpaired) electrons. The second-order valence-electron chi connectivity index (χ2n) is 11.6. The highest BCUT2D eigenvalue weighted by Crippen LogP contribution is 2.29. The Morgan fingerprint density at radius 1 is 0.462 bits per heavy atom. The molecule has 2 aromatic carbocycles. The number of hydrogen-bond donors (Lipinski definition) is 0. The van der Waals surface area contributed by atoms with E-state index in [2.05, 4.69) is 108 Å². The molecule has 3 aromatic heterocycles. The summed E-state index contributed by atoms with van der Waals surface area (Å²) in [5.41, 5.74) is 0. The Kier molecular flexibility index (Phi) is 18.7. The fourth-order valence-electron chi connectivity index (χ4n) is 4.57. The van der Waals surface area contributed by atoms with Gasteiger partial charge in [-0.15, -0.1) is 0 Å². The molecule has 3 heterocycles. The number of aryl methyl sites for hydroxylation is 3. The van der Waals surface area contributed by atoms with Gasteiger partial charge in [-0.1, -0.05) is 64.3 Å². The average molecular weight is 774 g/mol. The Bertz CT molecular complexity index is 2010. The Hall–Kier alpha value is -4.12. The summed E-state index contributed by atoms with van der Waals surface area (Å²) in [6, 6.07) is 21.9. The number of nitrogens with zero attached hydrogens (tertiary/aromatic N) is 3. The van der Waals surface area contributed by atoms with Crippen LogP contribution < -0.4 is 13.7 Å². The van der Waals surface area contributed by atoms with Gasteiger partial charge < -0.3 is 13.7 Å². The number of hydrogen-bond acceptors (Lipinski definition) is 9. The molecule has 0 bridgehead atoms. The number of unbranched alkanes of at least 4 members (excludes halogenated alkanes) is 3. The van der Waals surface area contributed by atoms with Gasteiger partial charge in [0.1, 0.15) is 50.0 Å². The van der Waals surface area contributed by atoms with E-state index in [0.29, 0.717) is 18.2 Å². The van der Waals surface area contributed by atoms with Crippen LogP contribution in [0.1, 0.15) is 59.3 Å². The molecule has 0 amide bonds. The smallest absolute Gasteiger partial charge is 0.168 e. The second kappa shape index (κ2) is 22.1. The Balaban J connectivity index is 0.000000262. The van der Waals surface area contributed by atoms with E-state index in [1.54, 1.807) is 0 Å². The van der Waals surface area contributed by atoms with E-state index < -0.39 is 45.0 Å². The van der Waals surface area contributed by atoms with Gasteiger partial charge in [0.15, 0.2) is 37.2 Å². The van der Waals surface area contributed by atoms with Crippen molar-refractivity contribution < 1.29 is 52.6 Å². The molecule has 0 fully saturated rings. The van der Waals surface area contributed by atoms with Crippen LogP contribution in [0.2, 0.25) is 0 Å². The summed E-state index contributed by atoms with van der Waals surface area (Å²) in [7, 11) is -15.1. The normalized spacial score (nSPS) is 11.3. The third-order valence-corrected chi connectivity index (χ3v) is 9.87. The van der Waals surface area contributed by atoms with Gasteiger partial charge in [0.25, 0.3) is 0 Å². The summed E-state index contributed by atoms with van der Waals surface area (Å²) in [5.74, 6) is 0. The van der Waals surface area contributed by atoms with Crippen LogP contribution in [0.15, 0.2) is 137 Å². The van der Waals surface area contributed by atoms with E-state index in [9.17, 15) is 38.9 Å². The lowest BCUT2D eigenvalue weighted by atomic mass is 10.1. The zero-order valence-electron chi connectivity index (χ0n) is 29.7. The van der Waals surface area contributed by atoms with Crippen molar-refractivity contribution in [2.75, 3.05) is 0 Å². The highest BCUT2D eigenvalue weighted by atomic mass is 32.2. The molecule has 0 atom stereocenters. The minimum absolute atomic E-state index is 0.310. The molecule has 0 saturated heterocycles. The molecule has 0 unspecified atom stereocenters. The van der Waals surface area contributed by atoms with Gasteiger partial charge >= 0.3 is 0 Å². The lowest BCUT2D eigenvalue weighted by Gasteiger charge is -2.16. The van der Waals surface area contributed by atoms with E-state index in [0.717, 1.165) is 31.8 Å². The van der Waals surface area contributed by atoms with Crippen molar-refractivity contribution in [1.82, 2.24) is 0 Å². The summed E-state index contributed by atoms with van der Waals surface area (Å²) in [4.78, 5) is -2.81. The molecule has 0 saturated carbocycles. The van der Waals surface area contributed by atoms with Crippen LogP contribution >= 0.6 is 0 Å². The second-order valence-corrected chi connectivity index (χ2v) is 15.7. The third-order valence-electron chi connectivity index (χ3n) is 7.35. The van der Waals surface area contributed by atoms with Crippen molar-refractivity contribution in [2.45, 2.75) is 93.6 Å². The number of aromatic nitrogens is 3. The first-order valence-electron chi connectivity index (χ1n) is 16.9. The van der Waals surface area contributed by atoms with E-state index in [-0.39, 0.29) is 10.8 Å². The van der Waals surface area contributed by atoms with Crippen LogP contribution in [0, 0.1) is 0 Å². The molecular weight excluding hydrogens is 727 g/mol. The fourth-order valence-corrected chi connectivity index (χ4v) is 6.41. The van der Waals surface area contributed by atoms with E-state index in [1.807, 2.05) is 18.2 Å². The topological polar surface area (TPSA) is 183 Å². The van der Waals surface area contributed by atoms with Crippen LogP contribution in [0.3, 0.4) is 0 Å². The van der Waals surface area contributed by atoms with Gasteiger partial charge in [-0.2, -0.15) is 0 Å². The third kappa shape index (κ3) is 16.5. The number of benzene rings is 2. The molecule has 5 aromatic rings. The zero-order valence-corrected chi connectivity index (χ0v) is 32.1. The first kappa shape index (κ1) is 44.0. The molecule has 0 spiro atoms. The molecule has 12 nitrogen and oxygen atoms in total. The largest absolute Gasteiger partial charge is 0.744 e. The monoisotopic (exact) mass is 773 g/mol. The van der Waals surface area contributed by atoms with Crippen molar-refractivity contribution in [3.63, 3.8) is 0 Å². The van der Waals surface area contributed by atoms with Gasteiger partial charge in [-0.3, -0.25) is 0 Å². The summed E-state index contributed by atoms with van der Waals surface area (Å²) in [6.07, 6.45) is 20.3. The molecule has 52 heavy (non-hydrogen) atoms. The van der Waals surface area contributed by atoms with Crippen molar-refractivity contribution in [1.29, 1.82) is 0 Å². The summed E-state index contributed by atoms with van der Waals surface area (Å²) in [5, 5.41) is -0.668. The van der Waals surface area contributed by atoms with Gasteiger partial charge in [0, 0.05) is 55.7 Å². The predicted octanol–water partition coefficient (Wildman–Crippen LogP) is 4.87. The average Bonchev–Trinajstić information content (AvgIpc) is 3.12. The molecule has 0 aliphatic rings. The first-order valence-corrected chi connectivity index (χ1v) is 21.1. The van der Waals surface area contributed by atoms with Crippen molar-refractivity contribution >= 4 is 41.1 Å². The fraction of sp³-hybridized carbons (Fsp3) is 0.324. The molecule has 282 valence electrons. The lowest BCUT2D eigenvalue weighted by molar-refractivity contribution is -0.697. The van der Waals surface area contributed by atoms with Crippen LogP contribution in [-0.2, 0) is 50.0 Å². The molecule has 0 aliphatic heterocycles. The molecule has 5 rings (SSSR count). The molecule has 0 N–H and O–H groups in total. The minimum Gasteiger partial charge on any atom is -0.744 e. The highest BCUT2D eigenvalue weighted by molar-refractivity contribution is 7.86. The predicted molar refractivity (Wildman–Crippen MR) is 192 cm³/mol. The molecule has 15 heteroatoms. The maximum atomic E-state index is 11.2. The lowest BCUT2D eigenvalue weighted by Crippen LogP contribution is -2.31.